The number of benzene rings is 2. The first-order chi connectivity index (χ1) is 15.1. The van der Waals surface area contributed by atoms with Crippen LogP contribution < -0.4 is 16.1 Å². The molecule has 3 N–H and O–H groups in total. The predicted molar refractivity (Wildman–Crippen MR) is 113 cm³/mol. The molecule has 3 rings (SSSR count). The van der Waals surface area contributed by atoms with E-state index >= 15 is 0 Å². The van der Waals surface area contributed by atoms with E-state index in [2.05, 4.69) is 22.7 Å². The van der Waals surface area contributed by atoms with Gasteiger partial charge in [-0.1, -0.05) is 6.07 Å². The normalized spacial score (nSPS) is 14.7. The van der Waals surface area contributed by atoms with Crippen molar-refractivity contribution in [2.75, 3.05) is 31.1 Å². The number of amides is 1. The van der Waals surface area contributed by atoms with Crippen LogP contribution in [0.4, 0.5) is 27.6 Å². The van der Waals surface area contributed by atoms with E-state index in [9.17, 15) is 26.7 Å². The van der Waals surface area contributed by atoms with Crippen molar-refractivity contribution < 1.29 is 26.7 Å². The zero-order valence-corrected chi connectivity index (χ0v) is 17.3. The maximum atomic E-state index is 14.5. The van der Waals surface area contributed by atoms with Crippen molar-refractivity contribution in [3.05, 3.63) is 64.7 Å². The number of hydrogen-bond donors (Lipinski definition) is 2. The monoisotopic (exact) mass is 471 g/mol. The fraction of sp³-hybridized carbons (Fsp3) is 0.250. The third-order valence-electron chi connectivity index (χ3n) is 4.79. The molecule has 0 spiro atoms. The second-order valence-corrected chi connectivity index (χ2v) is 7.36. The van der Waals surface area contributed by atoms with Gasteiger partial charge in [-0.3, -0.25) is 10.2 Å². The molecule has 0 aromatic heterocycles. The highest BCUT2D eigenvalue weighted by Crippen LogP contribution is 2.30. The number of thiocarbonyl (C=S) groups is 1. The largest absolute Gasteiger partial charge is 0.416 e. The van der Waals surface area contributed by atoms with Gasteiger partial charge in [-0.2, -0.15) is 18.3 Å². The molecule has 2 aromatic rings. The lowest BCUT2D eigenvalue weighted by Crippen LogP contribution is -2.49. The summed E-state index contributed by atoms with van der Waals surface area (Å²) in [5.74, 6) is -1.97. The Hall–Kier alpha value is -3.28. The molecule has 0 aliphatic carbocycles. The Balaban J connectivity index is 1.68. The third kappa shape index (κ3) is 5.49. The number of carbonyl (C=O) groups excluding carboxylic acids is 1. The minimum atomic E-state index is -4.56. The summed E-state index contributed by atoms with van der Waals surface area (Å²) in [6, 6.07) is 6.16. The molecule has 1 aliphatic rings. The van der Waals surface area contributed by atoms with E-state index < -0.39 is 29.3 Å². The van der Waals surface area contributed by atoms with Crippen LogP contribution in [0.1, 0.15) is 21.5 Å². The van der Waals surface area contributed by atoms with Gasteiger partial charge in [-0.05, 0) is 36.5 Å². The standard InChI is InChI=1S/C20H18F5N5OS/c21-15-10-17(16(22)9-13(15)11-27-28-19(26)32)29-4-6-30(7-5-29)18(31)12-2-1-3-14(8-12)20(23,24)25/h1-3,8-11H,4-7H2,(H3,26,28,32). The summed E-state index contributed by atoms with van der Waals surface area (Å²) in [6.07, 6.45) is -3.52. The number of alkyl halides is 3. The second kappa shape index (κ2) is 9.47. The molecule has 0 saturated carbocycles. The maximum Gasteiger partial charge on any atom is 0.416 e. The van der Waals surface area contributed by atoms with Crippen molar-refractivity contribution in [1.82, 2.24) is 10.3 Å². The van der Waals surface area contributed by atoms with Crippen LogP contribution in [-0.4, -0.2) is 48.3 Å². The highest BCUT2D eigenvalue weighted by Gasteiger charge is 2.32. The number of halogens is 5. The molecule has 1 fully saturated rings. The van der Waals surface area contributed by atoms with E-state index in [1.54, 1.807) is 4.90 Å². The van der Waals surface area contributed by atoms with E-state index in [0.717, 1.165) is 30.5 Å². The van der Waals surface area contributed by atoms with Gasteiger partial charge in [-0.15, -0.1) is 0 Å². The van der Waals surface area contributed by atoms with Gasteiger partial charge < -0.3 is 15.5 Å². The van der Waals surface area contributed by atoms with Crippen LogP contribution in [0.5, 0.6) is 0 Å². The molecule has 0 unspecified atom stereocenters. The van der Waals surface area contributed by atoms with Crippen LogP contribution >= 0.6 is 12.2 Å². The molecule has 32 heavy (non-hydrogen) atoms. The molecule has 2 aromatic carbocycles. The van der Waals surface area contributed by atoms with Gasteiger partial charge in [0.15, 0.2) is 5.11 Å². The van der Waals surface area contributed by atoms with Gasteiger partial charge in [0.1, 0.15) is 11.6 Å². The van der Waals surface area contributed by atoms with Gasteiger partial charge in [-0.25, -0.2) is 8.78 Å². The van der Waals surface area contributed by atoms with Crippen LogP contribution in [0.15, 0.2) is 41.5 Å². The molecule has 1 aliphatic heterocycles. The molecular formula is C20H18F5N5OS. The molecule has 0 bridgehead atoms. The highest BCUT2D eigenvalue weighted by atomic mass is 32.1. The van der Waals surface area contributed by atoms with Crippen molar-refractivity contribution >= 4 is 35.1 Å². The number of carbonyl (C=O) groups is 1. The smallest absolute Gasteiger partial charge is 0.375 e. The fourth-order valence-corrected chi connectivity index (χ4v) is 3.27. The molecule has 170 valence electrons. The van der Waals surface area contributed by atoms with Crippen molar-refractivity contribution in [3.8, 4) is 0 Å². The number of piperazine rings is 1. The molecule has 0 radical (unpaired) electrons. The SMILES string of the molecule is NC(=S)NN=Cc1cc(F)c(N2CCN(C(=O)c3cccc(C(F)(F)F)c3)CC2)cc1F. The van der Waals surface area contributed by atoms with Crippen LogP contribution in [0.2, 0.25) is 0 Å². The Kier molecular flexibility index (Phi) is 6.92. The molecule has 6 nitrogen and oxygen atoms in total. The lowest BCUT2D eigenvalue weighted by atomic mass is 10.1. The first kappa shape index (κ1) is 23.4. The summed E-state index contributed by atoms with van der Waals surface area (Å²) in [5.41, 5.74) is 6.33. The third-order valence-corrected chi connectivity index (χ3v) is 4.88. The Morgan fingerprint density at radius 3 is 2.41 bits per heavy atom. The highest BCUT2D eigenvalue weighted by molar-refractivity contribution is 7.80. The molecule has 12 heteroatoms. The van der Waals surface area contributed by atoms with E-state index in [1.807, 2.05) is 0 Å². The topological polar surface area (TPSA) is 74.0 Å². The number of nitrogens with zero attached hydrogens (tertiary/aromatic N) is 3. The molecule has 0 atom stereocenters. The van der Waals surface area contributed by atoms with Gasteiger partial charge in [0, 0.05) is 43.4 Å². The number of nitrogens with two attached hydrogens (primary N) is 1. The first-order valence-electron chi connectivity index (χ1n) is 9.35. The Morgan fingerprint density at radius 2 is 1.78 bits per heavy atom. The summed E-state index contributed by atoms with van der Waals surface area (Å²) < 4.78 is 67.6. The summed E-state index contributed by atoms with van der Waals surface area (Å²) in [4.78, 5) is 15.5. The van der Waals surface area contributed by atoms with Crippen molar-refractivity contribution in [2.24, 2.45) is 10.8 Å². The number of hydrogen-bond acceptors (Lipinski definition) is 4. The summed E-state index contributed by atoms with van der Waals surface area (Å²) in [6.45, 7) is 0.628. The zero-order valence-electron chi connectivity index (χ0n) is 16.5. The number of anilines is 1. The van der Waals surface area contributed by atoms with E-state index in [-0.39, 0.29) is 48.1 Å². The van der Waals surface area contributed by atoms with E-state index in [0.29, 0.717) is 0 Å². The summed E-state index contributed by atoms with van der Waals surface area (Å²) in [5, 5.41) is 3.46. The lowest BCUT2D eigenvalue weighted by Gasteiger charge is -2.36. The quantitative estimate of drug-likeness (QED) is 0.310. The lowest BCUT2D eigenvalue weighted by molar-refractivity contribution is -0.137. The fourth-order valence-electron chi connectivity index (χ4n) is 3.22. The first-order valence-corrected chi connectivity index (χ1v) is 9.76. The second-order valence-electron chi connectivity index (χ2n) is 6.92. The van der Waals surface area contributed by atoms with Gasteiger partial charge >= 0.3 is 6.18 Å². The number of hydrazone groups is 1. The van der Waals surface area contributed by atoms with Crippen molar-refractivity contribution in [3.63, 3.8) is 0 Å². The maximum absolute atomic E-state index is 14.5. The Labute approximate surface area is 185 Å². The number of nitrogens with one attached hydrogen (secondary N) is 1. The summed E-state index contributed by atoms with van der Waals surface area (Å²) >= 11 is 4.56. The van der Waals surface area contributed by atoms with Gasteiger partial charge in [0.05, 0.1) is 17.5 Å². The molecular weight excluding hydrogens is 453 g/mol. The van der Waals surface area contributed by atoms with Gasteiger partial charge in [0.25, 0.3) is 5.91 Å². The number of rotatable bonds is 4. The molecule has 1 heterocycles. The zero-order chi connectivity index (χ0) is 23.5. The van der Waals surface area contributed by atoms with Crippen LogP contribution in [0.25, 0.3) is 0 Å². The van der Waals surface area contributed by atoms with E-state index in [4.69, 9.17) is 5.73 Å². The minimum Gasteiger partial charge on any atom is -0.375 e. The van der Waals surface area contributed by atoms with Crippen molar-refractivity contribution in [2.45, 2.75) is 6.18 Å². The van der Waals surface area contributed by atoms with E-state index in [1.165, 1.54) is 17.0 Å². The average Bonchev–Trinajstić information content (AvgIpc) is 2.75. The minimum absolute atomic E-state index is 0.00752. The summed E-state index contributed by atoms with van der Waals surface area (Å²) in [7, 11) is 0. The average molecular weight is 471 g/mol. The molecule has 1 saturated heterocycles. The van der Waals surface area contributed by atoms with Crippen LogP contribution in [0, 0.1) is 11.6 Å². The Morgan fingerprint density at radius 1 is 1.09 bits per heavy atom. The molecule has 1 amide bonds. The van der Waals surface area contributed by atoms with Gasteiger partial charge in [0.2, 0.25) is 0 Å². The van der Waals surface area contributed by atoms with Crippen molar-refractivity contribution in [1.29, 1.82) is 0 Å². The Bertz CT molecular complexity index is 1050. The predicted octanol–water partition coefficient (Wildman–Crippen LogP) is 3.11. The van der Waals surface area contributed by atoms with Crippen LogP contribution in [-0.2, 0) is 6.18 Å². The van der Waals surface area contributed by atoms with Crippen LogP contribution in [0.3, 0.4) is 0 Å².